The minimum Gasteiger partial charge on any atom is -0.389 e. The Kier molecular flexibility index (Phi) is 3.53. The molecule has 0 atom stereocenters. The number of pyridine rings is 1. The molecule has 5 heteroatoms. The maximum Gasteiger partial charge on any atom is 0.146 e. The summed E-state index contributed by atoms with van der Waals surface area (Å²) in [6.07, 6.45) is 1.60. The Balaban J connectivity index is 2.40. The van der Waals surface area contributed by atoms with Gasteiger partial charge in [0.05, 0.1) is 11.3 Å². The van der Waals surface area contributed by atoms with Crippen LogP contribution in [0.25, 0.3) is 0 Å². The van der Waals surface area contributed by atoms with Crippen molar-refractivity contribution in [2.75, 3.05) is 5.32 Å². The lowest BCUT2D eigenvalue weighted by molar-refractivity contribution is 0.631. The third-order valence-corrected chi connectivity index (χ3v) is 2.67. The van der Waals surface area contributed by atoms with Crippen molar-refractivity contribution in [2.24, 2.45) is 5.73 Å². The highest BCUT2D eigenvalue weighted by molar-refractivity contribution is 7.80. The fraction of sp³-hybridized carbons (Fsp3) is 0.0769. The van der Waals surface area contributed by atoms with Crippen molar-refractivity contribution in [3.8, 4) is 0 Å². The molecule has 0 amide bonds. The molecule has 3 nitrogen and oxygen atoms in total. The van der Waals surface area contributed by atoms with Crippen LogP contribution in [0.2, 0.25) is 0 Å². The van der Waals surface area contributed by atoms with Crippen LogP contribution in [0, 0.1) is 12.7 Å². The summed E-state index contributed by atoms with van der Waals surface area (Å²) in [5.74, 6) is 0.106. The van der Waals surface area contributed by atoms with Gasteiger partial charge in [-0.1, -0.05) is 18.3 Å². The van der Waals surface area contributed by atoms with E-state index in [0.717, 1.165) is 5.56 Å². The number of hydrogen-bond acceptors (Lipinski definition) is 3. The van der Waals surface area contributed by atoms with Gasteiger partial charge in [-0.05, 0) is 36.8 Å². The zero-order valence-electron chi connectivity index (χ0n) is 9.77. The molecular formula is C13H12FN3S. The number of nitrogens with one attached hydrogen (secondary N) is 1. The summed E-state index contributed by atoms with van der Waals surface area (Å²) in [5.41, 5.74) is 7.49. The van der Waals surface area contributed by atoms with E-state index in [2.05, 4.69) is 10.3 Å². The van der Waals surface area contributed by atoms with Crippen LogP contribution in [0.15, 0.2) is 36.5 Å². The Morgan fingerprint density at radius 1 is 1.39 bits per heavy atom. The smallest absolute Gasteiger partial charge is 0.146 e. The van der Waals surface area contributed by atoms with Crippen LogP contribution in [0.5, 0.6) is 0 Å². The van der Waals surface area contributed by atoms with Gasteiger partial charge in [-0.2, -0.15) is 0 Å². The number of rotatable bonds is 3. The van der Waals surface area contributed by atoms with Crippen molar-refractivity contribution in [1.82, 2.24) is 4.98 Å². The van der Waals surface area contributed by atoms with Gasteiger partial charge in [0.15, 0.2) is 0 Å². The second-order valence-corrected chi connectivity index (χ2v) is 4.31. The summed E-state index contributed by atoms with van der Waals surface area (Å²) in [6, 6.07) is 8.28. The minimum absolute atomic E-state index is 0.221. The molecule has 0 unspecified atom stereocenters. The van der Waals surface area contributed by atoms with E-state index >= 15 is 0 Å². The third kappa shape index (κ3) is 2.62. The number of aromatic nitrogens is 1. The van der Waals surface area contributed by atoms with Crippen LogP contribution in [0.3, 0.4) is 0 Å². The number of benzene rings is 1. The van der Waals surface area contributed by atoms with Crippen LogP contribution in [-0.2, 0) is 0 Å². The number of aryl methyl sites for hydroxylation is 1. The molecule has 0 aliphatic carbocycles. The summed E-state index contributed by atoms with van der Waals surface area (Å²) in [7, 11) is 0. The summed E-state index contributed by atoms with van der Waals surface area (Å²) in [4.78, 5) is 4.34. The first-order valence-corrected chi connectivity index (χ1v) is 5.77. The van der Waals surface area contributed by atoms with Crippen molar-refractivity contribution < 1.29 is 4.39 Å². The van der Waals surface area contributed by atoms with Crippen molar-refractivity contribution >= 4 is 28.7 Å². The van der Waals surface area contributed by atoms with Gasteiger partial charge >= 0.3 is 0 Å². The van der Waals surface area contributed by atoms with Crippen LogP contribution < -0.4 is 11.1 Å². The molecule has 1 heterocycles. The van der Waals surface area contributed by atoms with Crippen LogP contribution >= 0.6 is 12.2 Å². The van der Waals surface area contributed by atoms with Crippen molar-refractivity contribution in [1.29, 1.82) is 0 Å². The fourth-order valence-electron chi connectivity index (χ4n) is 1.57. The summed E-state index contributed by atoms with van der Waals surface area (Å²) in [6.45, 7) is 1.89. The first kappa shape index (κ1) is 12.4. The van der Waals surface area contributed by atoms with E-state index in [0.29, 0.717) is 17.1 Å². The predicted molar refractivity (Wildman–Crippen MR) is 74.5 cm³/mol. The number of halogens is 1. The monoisotopic (exact) mass is 261 g/mol. The van der Waals surface area contributed by atoms with Crippen LogP contribution in [-0.4, -0.2) is 9.97 Å². The molecular weight excluding hydrogens is 249 g/mol. The number of nitrogens with two attached hydrogens (primary N) is 1. The molecule has 0 bridgehead atoms. The maximum atomic E-state index is 13.6. The molecule has 18 heavy (non-hydrogen) atoms. The van der Waals surface area contributed by atoms with Gasteiger partial charge in [0, 0.05) is 6.20 Å². The first-order valence-electron chi connectivity index (χ1n) is 5.36. The van der Waals surface area contributed by atoms with Crippen LogP contribution in [0.4, 0.5) is 15.9 Å². The van der Waals surface area contributed by atoms with E-state index in [1.807, 2.05) is 6.92 Å². The second-order valence-electron chi connectivity index (χ2n) is 3.87. The largest absolute Gasteiger partial charge is 0.389 e. The zero-order valence-corrected chi connectivity index (χ0v) is 10.6. The Labute approximate surface area is 110 Å². The topological polar surface area (TPSA) is 50.9 Å². The molecule has 92 valence electrons. The molecule has 1 aromatic heterocycles. The average Bonchev–Trinajstić information content (AvgIpc) is 2.34. The summed E-state index contributed by atoms with van der Waals surface area (Å²) >= 11 is 4.93. The van der Waals surface area contributed by atoms with Gasteiger partial charge in [0.2, 0.25) is 0 Å². The lowest BCUT2D eigenvalue weighted by Gasteiger charge is -2.11. The number of thiocarbonyl (C=S) groups is 1. The van der Waals surface area contributed by atoms with E-state index in [4.69, 9.17) is 18.0 Å². The SMILES string of the molecule is Cc1ccc(F)c(Nc2ncccc2C(N)=S)c1. The Bertz CT molecular complexity index is 599. The third-order valence-electron chi connectivity index (χ3n) is 2.45. The molecule has 0 spiro atoms. The normalized spacial score (nSPS) is 10.1. The van der Waals surface area contributed by atoms with E-state index in [9.17, 15) is 4.39 Å². The Morgan fingerprint density at radius 3 is 2.89 bits per heavy atom. The molecule has 0 saturated carbocycles. The number of nitrogens with zero attached hydrogens (tertiary/aromatic N) is 1. The second kappa shape index (κ2) is 5.10. The van der Waals surface area contributed by atoms with Crippen molar-refractivity contribution in [3.63, 3.8) is 0 Å². The minimum atomic E-state index is -0.347. The zero-order chi connectivity index (χ0) is 13.1. The standard InChI is InChI=1S/C13H12FN3S/c1-8-4-5-10(14)11(7-8)17-13-9(12(15)18)3-2-6-16-13/h2-7H,1H3,(H2,15,18)(H,16,17). The molecule has 0 aliphatic heterocycles. The first-order chi connectivity index (χ1) is 8.58. The highest BCUT2D eigenvalue weighted by Crippen LogP contribution is 2.22. The van der Waals surface area contributed by atoms with Crippen molar-refractivity contribution in [3.05, 3.63) is 53.5 Å². The number of hydrogen-bond donors (Lipinski definition) is 2. The van der Waals surface area contributed by atoms with E-state index in [1.54, 1.807) is 30.5 Å². The average molecular weight is 261 g/mol. The van der Waals surface area contributed by atoms with Gasteiger partial charge in [-0.3, -0.25) is 0 Å². The summed E-state index contributed by atoms with van der Waals surface area (Å²) < 4.78 is 13.6. The lowest BCUT2D eigenvalue weighted by atomic mass is 10.2. The maximum absolute atomic E-state index is 13.6. The molecule has 2 aromatic rings. The molecule has 2 rings (SSSR count). The van der Waals surface area contributed by atoms with E-state index in [-0.39, 0.29) is 10.8 Å². The molecule has 0 fully saturated rings. The molecule has 1 aromatic carbocycles. The van der Waals surface area contributed by atoms with Gasteiger partial charge in [-0.25, -0.2) is 9.37 Å². The van der Waals surface area contributed by atoms with E-state index in [1.165, 1.54) is 6.07 Å². The fourth-order valence-corrected chi connectivity index (χ4v) is 1.73. The quantitative estimate of drug-likeness (QED) is 0.834. The predicted octanol–water partition coefficient (Wildman–Crippen LogP) is 2.91. The molecule has 3 N–H and O–H groups in total. The molecule has 0 radical (unpaired) electrons. The highest BCUT2D eigenvalue weighted by atomic mass is 32.1. The van der Waals surface area contributed by atoms with Gasteiger partial charge in [0.1, 0.15) is 16.6 Å². The Morgan fingerprint density at radius 2 is 2.17 bits per heavy atom. The van der Waals surface area contributed by atoms with E-state index < -0.39 is 0 Å². The van der Waals surface area contributed by atoms with Gasteiger partial charge < -0.3 is 11.1 Å². The molecule has 0 aliphatic rings. The van der Waals surface area contributed by atoms with Crippen molar-refractivity contribution in [2.45, 2.75) is 6.92 Å². The number of anilines is 2. The summed E-state index contributed by atoms with van der Waals surface area (Å²) in [5, 5.41) is 2.91. The lowest BCUT2D eigenvalue weighted by Crippen LogP contribution is -2.13. The van der Waals surface area contributed by atoms with Crippen LogP contribution in [0.1, 0.15) is 11.1 Å². The Hall–Kier alpha value is -2.01. The highest BCUT2D eigenvalue weighted by Gasteiger charge is 2.08. The van der Waals surface area contributed by atoms with Gasteiger partial charge in [-0.15, -0.1) is 0 Å². The van der Waals surface area contributed by atoms with Gasteiger partial charge in [0.25, 0.3) is 0 Å². The molecule has 0 saturated heterocycles.